The second-order valence-electron chi connectivity index (χ2n) is 7.94. The summed E-state index contributed by atoms with van der Waals surface area (Å²) in [6.45, 7) is 0. The summed E-state index contributed by atoms with van der Waals surface area (Å²) < 4.78 is 113. The molecule has 0 aliphatic rings. The van der Waals surface area contributed by atoms with E-state index in [1.165, 1.54) is 13.2 Å². The molecule has 0 unspecified atom stereocenters. The molecule has 0 radical (unpaired) electrons. The summed E-state index contributed by atoms with van der Waals surface area (Å²) in [7, 11) is -3.13. The molecule has 0 spiro atoms. The number of anilines is 1. The molecule has 0 bridgehead atoms. The van der Waals surface area contributed by atoms with E-state index in [0.717, 1.165) is 12.1 Å². The minimum Gasteiger partial charge on any atom is -0.495 e. The van der Waals surface area contributed by atoms with E-state index in [0.29, 0.717) is 17.7 Å². The van der Waals surface area contributed by atoms with E-state index >= 15 is 0 Å². The number of amides is 1. The van der Waals surface area contributed by atoms with E-state index in [1.54, 1.807) is 30.3 Å². The Morgan fingerprint density at radius 3 is 2.00 bits per heavy atom. The number of hydrogen-bond acceptors (Lipinski definition) is 4. The number of methoxy groups -OCH3 is 1. The monoisotopic (exact) mass is 580 g/mol. The molecule has 0 aromatic heterocycles. The predicted molar refractivity (Wildman–Crippen MR) is 127 cm³/mol. The lowest BCUT2D eigenvalue weighted by Gasteiger charge is -2.20. The molecule has 2 N–H and O–H groups in total. The molecule has 3 aromatic rings. The lowest BCUT2D eigenvalue weighted by atomic mass is 10.1. The number of halogens is 7. The molecule has 6 nitrogen and oxygen atoms in total. The summed E-state index contributed by atoms with van der Waals surface area (Å²) in [5.41, 5.74) is -3.64. The average Bonchev–Trinajstić information content (AvgIpc) is 2.82. The van der Waals surface area contributed by atoms with Crippen LogP contribution in [0.15, 0.2) is 71.6 Å². The number of carbonyl (C=O) groups is 1. The van der Waals surface area contributed by atoms with Crippen molar-refractivity contribution in [3.05, 3.63) is 88.4 Å². The van der Waals surface area contributed by atoms with Gasteiger partial charge < -0.3 is 10.1 Å². The molecular formula is C24H19ClF6N2O4S. The number of ether oxygens (including phenoxy) is 1. The van der Waals surface area contributed by atoms with Gasteiger partial charge in [0.1, 0.15) is 11.8 Å². The van der Waals surface area contributed by atoms with Crippen LogP contribution in [0.1, 0.15) is 16.7 Å². The summed E-state index contributed by atoms with van der Waals surface area (Å²) in [5.74, 6) is -1.02. The summed E-state index contributed by atoms with van der Waals surface area (Å²) in [6, 6.07) is 10.4. The molecule has 0 aliphatic heterocycles. The lowest BCUT2D eigenvalue weighted by molar-refractivity contribution is -0.143. The molecule has 0 heterocycles. The van der Waals surface area contributed by atoms with Crippen LogP contribution in [0, 0.1) is 0 Å². The van der Waals surface area contributed by atoms with Gasteiger partial charge in [-0.2, -0.15) is 31.1 Å². The summed E-state index contributed by atoms with van der Waals surface area (Å²) in [4.78, 5) is 12.7. The van der Waals surface area contributed by atoms with E-state index in [9.17, 15) is 39.6 Å². The molecule has 0 saturated heterocycles. The molecule has 3 aromatic carbocycles. The van der Waals surface area contributed by atoms with Crippen LogP contribution in [0.5, 0.6) is 5.75 Å². The van der Waals surface area contributed by atoms with Crippen LogP contribution in [0.25, 0.3) is 0 Å². The van der Waals surface area contributed by atoms with Crippen molar-refractivity contribution < 1.29 is 44.3 Å². The van der Waals surface area contributed by atoms with Crippen LogP contribution in [-0.2, 0) is 33.6 Å². The fourth-order valence-electron chi connectivity index (χ4n) is 3.36. The second-order valence-corrected chi connectivity index (χ2v) is 10.1. The van der Waals surface area contributed by atoms with E-state index in [1.807, 2.05) is 5.32 Å². The Morgan fingerprint density at radius 1 is 0.921 bits per heavy atom. The first-order chi connectivity index (χ1) is 17.6. The fraction of sp³-hybridized carbons (Fsp3) is 0.208. The molecule has 38 heavy (non-hydrogen) atoms. The molecule has 204 valence electrons. The Hall–Kier alpha value is -3.29. The predicted octanol–water partition coefficient (Wildman–Crippen LogP) is 5.91. The zero-order valence-corrected chi connectivity index (χ0v) is 20.9. The van der Waals surface area contributed by atoms with Gasteiger partial charge in [-0.15, -0.1) is 0 Å². The van der Waals surface area contributed by atoms with Crippen LogP contribution < -0.4 is 14.8 Å². The van der Waals surface area contributed by atoms with Crippen molar-refractivity contribution in [2.75, 3.05) is 12.4 Å². The highest BCUT2D eigenvalue weighted by atomic mass is 35.5. The van der Waals surface area contributed by atoms with Gasteiger partial charge in [-0.25, -0.2) is 8.42 Å². The standard InChI is InChI=1S/C24H19ClF6N2O4S/c1-37-21-8-7-18(13-19(21)25)38(35,36)33-20(9-14-5-3-2-4-6-14)22(34)32-17-11-15(23(26,27)28)10-16(12-17)24(29,30)31/h2-8,10-13,20,33H,9H2,1H3,(H,32,34)/t20-/m0/s1. The highest BCUT2D eigenvalue weighted by Gasteiger charge is 2.37. The van der Waals surface area contributed by atoms with Gasteiger partial charge in [-0.3, -0.25) is 4.79 Å². The van der Waals surface area contributed by atoms with Gasteiger partial charge in [0.25, 0.3) is 0 Å². The van der Waals surface area contributed by atoms with Crippen molar-refractivity contribution >= 4 is 33.2 Å². The van der Waals surface area contributed by atoms with Crippen molar-refractivity contribution in [2.24, 2.45) is 0 Å². The molecule has 3 rings (SSSR count). The van der Waals surface area contributed by atoms with Gasteiger partial charge in [0, 0.05) is 5.69 Å². The number of sulfonamides is 1. The maximum absolute atomic E-state index is 13.2. The highest BCUT2D eigenvalue weighted by Crippen LogP contribution is 2.37. The van der Waals surface area contributed by atoms with E-state index in [2.05, 4.69) is 4.72 Å². The Morgan fingerprint density at radius 2 is 1.50 bits per heavy atom. The number of rotatable bonds is 8. The Kier molecular flexibility index (Phi) is 8.64. The third kappa shape index (κ3) is 7.39. The SMILES string of the molecule is COc1ccc(S(=O)(=O)N[C@@H](Cc2ccccc2)C(=O)Nc2cc(C(F)(F)F)cc(C(F)(F)F)c2)cc1Cl. The minimum atomic E-state index is -5.14. The molecule has 0 saturated carbocycles. The normalized spacial score (nSPS) is 13.2. The number of hydrogen-bond donors (Lipinski definition) is 2. The highest BCUT2D eigenvalue weighted by molar-refractivity contribution is 7.89. The van der Waals surface area contributed by atoms with Gasteiger partial charge in [-0.05, 0) is 48.4 Å². The zero-order chi connectivity index (χ0) is 28.3. The number of carbonyl (C=O) groups excluding carboxylic acids is 1. The van der Waals surface area contributed by atoms with Crippen molar-refractivity contribution in [1.82, 2.24) is 4.72 Å². The van der Waals surface area contributed by atoms with Crippen molar-refractivity contribution in [1.29, 1.82) is 0 Å². The zero-order valence-electron chi connectivity index (χ0n) is 19.3. The first-order valence-corrected chi connectivity index (χ1v) is 12.5. The van der Waals surface area contributed by atoms with Gasteiger partial charge in [0.15, 0.2) is 0 Å². The van der Waals surface area contributed by atoms with E-state index in [-0.39, 0.29) is 28.2 Å². The minimum absolute atomic E-state index is 0.0527. The van der Waals surface area contributed by atoms with E-state index < -0.39 is 51.1 Å². The quantitative estimate of drug-likeness (QED) is 0.324. The number of alkyl halides is 6. The molecule has 0 fully saturated rings. The van der Waals surface area contributed by atoms with E-state index in [4.69, 9.17) is 16.3 Å². The number of nitrogens with one attached hydrogen (secondary N) is 2. The van der Waals surface area contributed by atoms with Gasteiger partial charge in [-0.1, -0.05) is 41.9 Å². The molecule has 1 amide bonds. The third-order valence-electron chi connectivity index (χ3n) is 5.19. The van der Waals surface area contributed by atoms with Crippen molar-refractivity contribution in [3.8, 4) is 5.75 Å². The molecule has 1 atom stereocenters. The Labute approximate surface area is 218 Å². The van der Waals surface area contributed by atoms with Gasteiger partial charge >= 0.3 is 12.4 Å². The fourth-order valence-corrected chi connectivity index (χ4v) is 4.91. The Balaban J connectivity index is 1.98. The molecular weight excluding hydrogens is 562 g/mol. The largest absolute Gasteiger partial charge is 0.495 e. The maximum atomic E-state index is 13.2. The van der Waals surface area contributed by atoms with Crippen LogP contribution in [0.3, 0.4) is 0 Å². The summed E-state index contributed by atoms with van der Waals surface area (Å²) >= 11 is 5.99. The smallest absolute Gasteiger partial charge is 0.416 e. The van der Waals surface area contributed by atoms with Crippen LogP contribution in [-0.4, -0.2) is 27.5 Å². The second kappa shape index (κ2) is 11.2. The topological polar surface area (TPSA) is 84.5 Å². The first kappa shape index (κ1) is 29.3. The average molecular weight is 581 g/mol. The molecule has 0 aliphatic carbocycles. The van der Waals surface area contributed by atoms with Crippen molar-refractivity contribution in [2.45, 2.75) is 29.7 Å². The van der Waals surface area contributed by atoms with Gasteiger partial charge in [0.05, 0.1) is 28.2 Å². The first-order valence-electron chi connectivity index (χ1n) is 10.6. The summed E-state index contributed by atoms with van der Waals surface area (Å²) in [6.07, 6.45) is -10.6. The molecule has 14 heteroatoms. The lowest BCUT2D eigenvalue weighted by Crippen LogP contribution is -2.45. The number of benzene rings is 3. The third-order valence-corrected chi connectivity index (χ3v) is 6.95. The van der Waals surface area contributed by atoms with Crippen LogP contribution in [0.2, 0.25) is 5.02 Å². The maximum Gasteiger partial charge on any atom is 0.416 e. The summed E-state index contributed by atoms with van der Waals surface area (Å²) in [5, 5.41) is 1.93. The van der Waals surface area contributed by atoms with Gasteiger partial charge in [0.2, 0.25) is 15.9 Å². The Bertz CT molecular complexity index is 1380. The van der Waals surface area contributed by atoms with Crippen LogP contribution in [0.4, 0.5) is 32.0 Å². The van der Waals surface area contributed by atoms with Crippen LogP contribution >= 0.6 is 11.6 Å². The van der Waals surface area contributed by atoms with Crippen molar-refractivity contribution in [3.63, 3.8) is 0 Å².